The van der Waals surface area contributed by atoms with E-state index in [1.807, 2.05) is 42.6 Å². The fourth-order valence-corrected chi connectivity index (χ4v) is 2.92. The molecule has 1 aliphatic heterocycles. The number of nitrogens with zero attached hydrogens (tertiary/aromatic N) is 3. The molecule has 2 aromatic carbocycles. The smallest absolute Gasteiger partial charge is 0.0543 e. The van der Waals surface area contributed by atoms with Crippen LogP contribution in [0.15, 0.2) is 53.6 Å². The summed E-state index contributed by atoms with van der Waals surface area (Å²) in [4.78, 5) is 2.44. The number of hydrogen-bond donors (Lipinski definition) is 0. The third-order valence-electron chi connectivity index (χ3n) is 3.89. The van der Waals surface area contributed by atoms with Crippen LogP contribution in [0.2, 0.25) is 10.0 Å². The quantitative estimate of drug-likeness (QED) is 0.773. The zero-order chi connectivity index (χ0) is 16.1. The van der Waals surface area contributed by atoms with Crippen molar-refractivity contribution in [3.63, 3.8) is 0 Å². The van der Waals surface area contributed by atoms with E-state index in [1.165, 1.54) is 5.56 Å². The van der Waals surface area contributed by atoms with Gasteiger partial charge in [0.1, 0.15) is 0 Å². The summed E-state index contributed by atoms with van der Waals surface area (Å²) in [5.41, 5.74) is 2.33. The topological polar surface area (TPSA) is 18.8 Å². The first-order chi connectivity index (χ1) is 11.2. The summed E-state index contributed by atoms with van der Waals surface area (Å²) in [5.74, 6) is 0. The molecule has 120 valence electrons. The Balaban J connectivity index is 1.49. The number of hydrazone groups is 1. The van der Waals surface area contributed by atoms with Crippen molar-refractivity contribution in [1.82, 2.24) is 9.91 Å². The number of hydrogen-bond acceptors (Lipinski definition) is 3. The van der Waals surface area contributed by atoms with Gasteiger partial charge in [0.25, 0.3) is 0 Å². The fraction of sp³-hybridized carbons (Fsp3) is 0.278. The summed E-state index contributed by atoms with van der Waals surface area (Å²) in [6, 6.07) is 15.8. The highest BCUT2D eigenvalue weighted by Crippen LogP contribution is 2.13. The highest BCUT2D eigenvalue weighted by atomic mass is 35.5. The van der Waals surface area contributed by atoms with Gasteiger partial charge in [0.05, 0.1) is 6.21 Å². The molecule has 0 radical (unpaired) electrons. The third-order valence-corrected chi connectivity index (χ3v) is 4.37. The maximum absolute atomic E-state index is 5.98. The predicted octanol–water partition coefficient (Wildman–Crippen LogP) is 4.15. The van der Waals surface area contributed by atoms with Crippen LogP contribution in [0.25, 0.3) is 0 Å². The summed E-state index contributed by atoms with van der Waals surface area (Å²) >= 11 is 11.9. The highest BCUT2D eigenvalue weighted by molar-refractivity contribution is 6.31. The van der Waals surface area contributed by atoms with Crippen LogP contribution in [0.5, 0.6) is 0 Å². The third kappa shape index (κ3) is 4.96. The molecule has 0 amide bonds. The standard InChI is InChI=1S/C18H19Cl2N3/c19-17-6-4-15(5-7-17)14-22-8-10-23(11-9-22)21-13-16-2-1-3-18(20)12-16/h1-7,12-13H,8-11,14H2/b21-13+. The van der Waals surface area contributed by atoms with Crippen LogP contribution in [-0.4, -0.2) is 42.3 Å². The second kappa shape index (κ2) is 7.82. The highest BCUT2D eigenvalue weighted by Gasteiger charge is 2.15. The Morgan fingerprint density at radius 1 is 0.913 bits per heavy atom. The first kappa shape index (κ1) is 16.3. The van der Waals surface area contributed by atoms with Crippen LogP contribution in [0.3, 0.4) is 0 Å². The lowest BCUT2D eigenvalue weighted by Gasteiger charge is -2.33. The van der Waals surface area contributed by atoms with E-state index < -0.39 is 0 Å². The van der Waals surface area contributed by atoms with E-state index in [9.17, 15) is 0 Å². The van der Waals surface area contributed by atoms with Gasteiger partial charge in [0.2, 0.25) is 0 Å². The molecule has 0 aliphatic carbocycles. The van der Waals surface area contributed by atoms with Gasteiger partial charge in [0, 0.05) is 42.8 Å². The molecule has 0 N–H and O–H groups in total. The molecule has 1 fully saturated rings. The van der Waals surface area contributed by atoms with Crippen LogP contribution in [0.1, 0.15) is 11.1 Å². The van der Waals surface area contributed by atoms with Crippen LogP contribution in [0, 0.1) is 0 Å². The van der Waals surface area contributed by atoms with Crippen molar-refractivity contribution < 1.29 is 0 Å². The Kier molecular flexibility index (Phi) is 5.55. The number of benzene rings is 2. The van der Waals surface area contributed by atoms with E-state index in [2.05, 4.69) is 27.1 Å². The summed E-state index contributed by atoms with van der Waals surface area (Å²) < 4.78 is 0. The molecule has 0 atom stereocenters. The van der Waals surface area contributed by atoms with Gasteiger partial charge in [-0.2, -0.15) is 5.10 Å². The second-order valence-electron chi connectivity index (χ2n) is 5.66. The Labute approximate surface area is 147 Å². The molecular formula is C18H19Cl2N3. The SMILES string of the molecule is Clc1ccc(CN2CCN(/N=C/c3cccc(Cl)c3)CC2)cc1. The van der Waals surface area contributed by atoms with Gasteiger partial charge < -0.3 is 0 Å². The van der Waals surface area contributed by atoms with Gasteiger partial charge in [-0.25, -0.2) is 0 Å². The molecule has 0 saturated carbocycles. The minimum absolute atomic E-state index is 0.738. The summed E-state index contributed by atoms with van der Waals surface area (Å²) in [6.45, 7) is 4.85. The first-order valence-corrected chi connectivity index (χ1v) is 8.46. The minimum atomic E-state index is 0.738. The summed E-state index contributed by atoms with van der Waals surface area (Å²) in [5, 5.41) is 8.19. The number of rotatable bonds is 4. The lowest BCUT2D eigenvalue weighted by Crippen LogP contribution is -2.43. The van der Waals surface area contributed by atoms with Crippen molar-refractivity contribution >= 4 is 29.4 Å². The number of halogens is 2. The zero-order valence-electron chi connectivity index (χ0n) is 12.8. The molecule has 0 unspecified atom stereocenters. The van der Waals surface area contributed by atoms with Crippen molar-refractivity contribution in [2.45, 2.75) is 6.54 Å². The normalized spacial score (nSPS) is 16.2. The maximum atomic E-state index is 5.98. The van der Waals surface area contributed by atoms with Gasteiger partial charge in [-0.05, 0) is 35.4 Å². The minimum Gasteiger partial charge on any atom is -0.295 e. The van der Waals surface area contributed by atoms with Crippen molar-refractivity contribution in [3.8, 4) is 0 Å². The van der Waals surface area contributed by atoms with Crippen molar-refractivity contribution in [1.29, 1.82) is 0 Å². The average Bonchev–Trinajstić information content (AvgIpc) is 2.56. The number of piperazine rings is 1. The van der Waals surface area contributed by atoms with Gasteiger partial charge in [0.15, 0.2) is 0 Å². The van der Waals surface area contributed by atoms with Gasteiger partial charge in [-0.15, -0.1) is 0 Å². The molecule has 5 heteroatoms. The summed E-state index contributed by atoms with van der Waals surface area (Å²) in [6.07, 6.45) is 1.88. The Morgan fingerprint density at radius 3 is 2.35 bits per heavy atom. The zero-order valence-corrected chi connectivity index (χ0v) is 14.3. The fourth-order valence-electron chi connectivity index (χ4n) is 2.59. The molecule has 1 aliphatic rings. The van der Waals surface area contributed by atoms with Crippen molar-refractivity contribution in [2.24, 2.45) is 5.10 Å². The van der Waals surface area contributed by atoms with Crippen LogP contribution >= 0.6 is 23.2 Å². The van der Waals surface area contributed by atoms with E-state index in [-0.39, 0.29) is 0 Å². The molecule has 3 nitrogen and oxygen atoms in total. The van der Waals surface area contributed by atoms with Crippen LogP contribution < -0.4 is 0 Å². The molecule has 0 aromatic heterocycles. The lowest BCUT2D eigenvalue weighted by molar-refractivity contribution is 0.131. The average molecular weight is 348 g/mol. The Hall–Kier alpha value is -1.55. The van der Waals surface area contributed by atoms with E-state index >= 15 is 0 Å². The molecular weight excluding hydrogens is 329 g/mol. The van der Waals surface area contributed by atoms with Gasteiger partial charge >= 0.3 is 0 Å². The molecule has 0 bridgehead atoms. The van der Waals surface area contributed by atoms with E-state index in [1.54, 1.807) is 0 Å². The first-order valence-electron chi connectivity index (χ1n) is 7.70. The van der Waals surface area contributed by atoms with Crippen LogP contribution in [0.4, 0.5) is 0 Å². The van der Waals surface area contributed by atoms with Crippen LogP contribution in [-0.2, 0) is 6.54 Å². The maximum Gasteiger partial charge on any atom is 0.0543 e. The molecule has 2 aromatic rings. The van der Waals surface area contributed by atoms with Gasteiger partial charge in [-0.1, -0.05) is 47.5 Å². The Morgan fingerprint density at radius 2 is 1.65 bits per heavy atom. The van der Waals surface area contributed by atoms with Crippen molar-refractivity contribution in [3.05, 3.63) is 69.7 Å². The lowest BCUT2D eigenvalue weighted by atomic mass is 10.2. The Bertz CT molecular complexity index is 662. The largest absolute Gasteiger partial charge is 0.295 e. The molecule has 23 heavy (non-hydrogen) atoms. The van der Waals surface area contributed by atoms with E-state index in [4.69, 9.17) is 23.2 Å². The molecule has 0 spiro atoms. The monoisotopic (exact) mass is 347 g/mol. The second-order valence-corrected chi connectivity index (χ2v) is 6.53. The molecule has 1 heterocycles. The van der Waals surface area contributed by atoms with E-state index in [0.717, 1.165) is 48.3 Å². The predicted molar refractivity (Wildman–Crippen MR) is 97.3 cm³/mol. The van der Waals surface area contributed by atoms with Crippen molar-refractivity contribution in [2.75, 3.05) is 26.2 Å². The van der Waals surface area contributed by atoms with Gasteiger partial charge in [-0.3, -0.25) is 9.91 Å². The molecule has 3 rings (SSSR count). The van der Waals surface area contributed by atoms with E-state index in [0.29, 0.717) is 0 Å². The summed E-state index contributed by atoms with van der Waals surface area (Å²) in [7, 11) is 0. The molecule has 1 saturated heterocycles.